The number of rotatable bonds is 36. The Bertz CT molecular complexity index is 788. The molecule has 0 N–H and O–H groups in total. The van der Waals surface area contributed by atoms with Gasteiger partial charge in [0.25, 0.3) is 0 Å². The van der Waals surface area contributed by atoms with Crippen LogP contribution >= 0.6 is 0 Å². The topological polar surface area (TPSA) is 98.8 Å². The number of unbranched alkanes of at least 4 members (excludes halogenated alkanes) is 14. The second-order valence-electron chi connectivity index (χ2n) is 11.5. The Kier molecular flexibility index (Phi) is 31.3. The van der Waals surface area contributed by atoms with E-state index >= 15 is 0 Å². The maximum Gasteiger partial charge on any atom is 0.305 e. The quantitative estimate of drug-likeness (QED) is 0.0409. The summed E-state index contributed by atoms with van der Waals surface area (Å²) in [6, 6.07) is 6.94. The summed E-state index contributed by atoms with van der Waals surface area (Å²) in [6.45, 7) is 7.68. The van der Waals surface area contributed by atoms with Gasteiger partial charge in [0.15, 0.2) is 0 Å². The Morgan fingerprint density at radius 2 is 0.870 bits per heavy atom. The van der Waals surface area contributed by atoms with E-state index in [1.807, 2.05) is 0 Å². The lowest BCUT2D eigenvalue weighted by molar-refractivity contribution is -0.145. The van der Waals surface area contributed by atoms with Gasteiger partial charge >= 0.3 is 5.97 Å². The van der Waals surface area contributed by atoms with E-state index in [0.717, 1.165) is 19.1 Å². The molecule has 0 aromatic heterocycles. The molecule has 0 saturated carbocycles. The van der Waals surface area contributed by atoms with Crippen molar-refractivity contribution in [2.75, 3.05) is 79.3 Å². The summed E-state index contributed by atoms with van der Waals surface area (Å²) in [4.78, 5) is 22.5. The number of esters is 1. The summed E-state index contributed by atoms with van der Waals surface area (Å²) in [5.74, 6) is 0.575. The molecule has 0 spiro atoms. The SMILES string of the molecule is CCCCCCCCCCCCCCCCCC(=O)OCCOCCOCCOCCOCCOCCOc1ccc(C=O)cc1. The maximum atomic E-state index is 11.9. The smallest absolute Gasteiger partial charge is 0.305 e. The first-order valence-electron chi connectivity index (χ1n) is 18.0. The molecule has 0 atom stereocenters. The highest BCUT2D eigenvalue weighted by molar-refractivity contribution is 5.74. The molecule has 9 nitrogen and oxygen atoms in total. The fraction of sp³-hybridized carbons (Fsp3) is 0.784. The highest BCUT2D eigenvalue weighted by Gasteiger charge is 2.03. The summed E-state index contributed by atoms with van der Waals surface area (Å²) in [6.07, 6.45) is 21.0. The zero-order chi connectivity index (χ0) is 33.0. The number of carbonyl (C=O) groups excluding carboxylic acids is 2. The predicted octanol–water partition coefficient (Wildman–Crippen LogP) is 7.77. The minimum Gasteiger partial charge on any atom is -0.491 e. The minimum absolute atomic E-state index is 0.131. The molecule has 0 aliphatic rings. The van der Waals surface area contributed by atoms with Crippen molar-refractivity contribution in [1.29, 1.82) is 0 Å². The van der Waals surface area contributed by atoms with Crippen LogP contribution in [0.3, 0.4) is 0 Å². The summed E-state index contributed by atoms with van der Waals surface area (Å²) in [7, 11) is 0. The van der Waals surface area contributed by atoms with Crippen LogP contribution < -0.4 is 4.74 Å². The normalized spacial score (nSPS) is 11.2. The van der Waals surface area contributed by atoms with E-state index in [2.05, 4.69) is 6.92 Å². The van der Waals surface area contributed by atoms with E-state index in [4.69, 9.17) is 33.2 Å². The zero-order valence-electron chi connectivity index (χ0n) is 28.9. The van der Waals surface area contributed by atoms with E-state index in [0.29, 0.717) is 90.4 Å². The Balaban J connectivity index is 1.69. The molecule has 0 radical (unpaired) electrons. The van der Waals surface area contributed by atoms with E-state index in [1.165, 1.54) is 83.5 Å². The van der Waals surface area contributed by atoms with Crippen LogP contribution in [0.25, 0.3) is 0 Å². The molecule has 1 aromatic carbocycles. The van der Waals surface area contributed by atoms with E-state index in [9.17, 15) is 9.59 Å². The van der Waals surface area contributed by atoms with E-state index < -0.39 is 0 Å². The van der Waals surface area contributed by atoms with Crippen LogP contribution in [-0.4, -0.2) is 91.5 Å². The number of ether oxygens (including phenoxy) is 7. The third-order valence-electron chi connectivity index (χ3n) is 7.48. The van der Waals surface area contributed by atoms with Crippen LogP contribution in [0.1, 0.15) is 120 Å². The third kappa shape index (κ3) is 29.4. The summed E-state index contributed by atoms with van der Waals surface area (Å²) < 4.78 is 38.1. The fourth-order valence-electron chi connectivity index (χ4n) is 4.77. The summed E-state index contributed by atoms with van der Waals surface area (Å²) in [5, 5.41) is 0. The van der Waals surface area contributed by atoms with Crippen molar-refractivity contribution in [3.05, 3.63) is 29.8 Å². The Hall–Kier alpha value is -2.04. The lowest BCUT2D eigenvalue weighted by Gasteiger charge is -2.09. The Morgan fingerprint density at radius 1 is 0.500 bits per heavy atom. The fourth-order valence-corrected chi connectivity index (χ4v) is 4.77. The second kappa shape index (κ2) is 34.3. The molecule has 0 aliphatic heterocycles. The molecule has 0 aliphatic carbocycles. The molecule has 0 unspecified atom stereocenters. The summed E-state index contributed by atoms with van der Waals surface area (Å²) in [5.41, 5.74) is 0.620. The molecule has 0 amide bonds. The van der Waals surface area contributed by atoms with Gasteiger partial charge < -0.3 is 33.2 Å². The Labute approximate surface area is 279 Å². The molecule has 9 heteroatoms. The first kappa shape index (κ1) is 42.0. The molecule has 0 saturated heterocycles. The highest BCUT2D eigenvalue weighted by atomic mass is 16.6. The first-order valence-corrected chi connectivity index (χ1v) is 18.0. The molecule has 1 rings (SSSR count). The standard InChI is InChI=1S/C37H64O9/c1-2-3-4-5-6-7-8-9-10-11-12-13-14-15-16-17-37(39)46-33-31-44-29-27-42-25-23-40-22-24-41-26-28-43-30-32-45-36-20-18-35(34-38)19-21-36/h18-21,34H,2-17,22-33H2,1H3. The van der Waals surface area contributed by atoms with Gasteiger partial charge in [0.1, 0.15) is 25.2 Å². The van der Waals surface area contributed by atoms with Gasteiger partial charge in [-0.15, -0.1) is 0 Å². The van der Waals surface area contributed by atoms with Crippen LogP contribution in [0.5, 0.6) is 5.75 Å². The largest absolute Gasteiger partial charge is 0.491 e. The third-order valence-corrected chi connectivity index (χ3v) is 7.48. The Morgan fingerprint density at radius 3 is 1.28 bits per heavy atom. The van der Waals surface area contributed by atoms with Crippen LogP contribution in [0, 0.1) is 0 Å². The average Bonchev–Trinajstić information content (AvgIpc) is 3.07. The van der Waals surface area contributed by atoms with Gasteiger partial charge in [-0.05, 0) is 30.7 Å². The summed E-state index contributed by atoms with van der Waals surface area (Å²) >= 11 is 0. The zero-order valence-corrected chi connectivity index (χ0v) is 28.9. The van der Waals surface area contributed by atoms with Gasteiger partial charge in [0, 0.05) is 12.0 Å². The molecule has 266 valence electrons. The molecular weight excluding hydrogens is 588 g/mol. The molecule has 1 aromatic rings. The van der Waals surface area contributed by atoms with Gasteiger partial charge in [-0.25, -0.2) is 0 Å². The predicted molar refractivity (Wildman–Crippen MR) is 182 cm³/mol. The minimum atomic E-state index is -0.131. The van der Waals surface area contributed by atoms with Crippen molar-refractivity contribution in [3.8, 4) is 5.75 Å². The molecular formula is C37H64O9. The molecule has 0 bridgehead atoms. The lowest BCUT2D eigenvalue weighted by Crippen LogP contribution is -2.15. The average molecular weight is 653 g/mol. The van der Waals surface area contributed by atoms with Gasteiger partial charge in [-0.3, -0.25) is 9.59 Å². The van der Waals surface area contributed by atoms with E-state index in [-0.39, 0.29) is 12.6 Å². The van der Waals surface area contributed by atoms with Gasteiger partial charge in [0.05, 0.1) is 66.1 Å². The van der Waals surface area contributed by atoms with Crippen molar-refractivity contribution in [3.63, 3.8) is 0 Å². The van der Waals surface area contributed by atoms with Crippen LogP contribution in [-0.2, 0) is 33.2 Å². The highest BCUT2D eigenvalue weighted by Crippen LogP contribution is 2.14. The number of carbonyl (C=O) groups is 2. The van der Waals surface area contributed by atoms with Crippen molar-refractivity contribution in [2.24, 2.45) is 0 Å². The lowest BCUT2D eigenvalue weighted by atomic mass is 10.0. The number of benzene rings is 1. The van der Waals surface area contributed by atoms with Crippen molar-refractivity contribution >= 4 is 12.3 Å². The first-order chi connectivity index (χ1) is 22.8. The number of hydrogen-bond acceptors (Lipinski definition) is 9. The number of hydrogen-bond donors (Lipinski definition) is 0. The van der Waals surface area contributed by atoms with Crippen molar-refractivity contribution in [1.82, 2.24) is 0 Å². The van der Waals surface area contributed by atoms with Gasteiger partial charge in [-0.1, -0.05) is 96.8 Å². The van der Waals surface area contributed by atoms with E-state index in [1.54, 1.807) is 24.3 Å². The maximum absolute atomic E-state index is 11.9. The van der Waals surface area contributed by atoms with Crippen LogP contribution in [0.4, 0.5) is 0 Å². The monoisotopic (exact) mass is 652 g/mol. The molecule has 0 heterocycles. The van der Waals surface area contributed by atoms with Crippen molar-refractivity contribution in [2.45, 2.75) is 110 Å². The number of aldehydes is 1. The second-order valence-corrected chi connectivity index (χ2v) is 11.5. The molecule has 0 fully saturated rings. The van der Waals surface area contributed by atoms with Crippen molar-refractivity contribution < 1.29 is 42.7 Å². The molecule has 46 heavy (non-hydrogen) atoms. The van der Waals surface area contributed by atoms with Gasteiger partial charge in [0.2, 0.25) is 0 Å². The van der Waals surface area contributed by atoms with Crippen LogP contribution in [0.2, 0.25) is 0 Å². The van der Waals surface area contributed by atoms with Crippen LogP contribution in [0.15, 0.2) is 24.3 Å². The van der Waals surface area contributed by atoms with Gasteiger partial charge in [-0.2, -0.15) is 0 Å².